The lowest BCUT2D eigenvalue weighted by Crippen LogP contribution is -2.05. The number of rotatable bonds is 9. The molecule has 0 amide bonds. The molecule has 0 saturated heterocycles. The Morgan fingerprint density at radius 1 is 1.05 bits per heavy atom. The molecule has 1 aliphatic heterocycles. The zero-order chi connectivity index (χ0) is 14.2. The van der Waals surface area contributed by atoms with Gasteiger partial charge in [-0.1, -0.05) is 70.9 Å². The van der Waals surface area contributed by atoms with Crippen molar-refractivity contribution < 1.29 is 4.74 Å². The number of hydrogen-bond acceptors (Lipinski definition) is 1. The molecule has 2 rings (SSSR count). The second-order valence-corrected chi connectivity index (χ2v) is 6.25. The summed E-state index contributed by atoms with van der Waals surface area (Å²) in [7, 11) is 0. The van der Waals surface area contributed by atoms with Crippen molar-refractivity contribution in [3.8, 4) is 5.75 Å². The van der Waals surface area contributed by atoms with E-state index in [0.29, 0.717) is 0 Å². The lowest BCUT2D eigenvalue weighted by atomic mass is 9.89. The Balaban J connectivity index is 1.91. The van der Waals surface area contributed by atoms with Gasteiger partial charge in [-0.15, -0.1) is 0 Å². The van der Waals surface area contributed by atoms with E-state index in [1.165, 1.54) is 62.5 Å². The number of benzene rings is 1. The van der Waals surface area contributed by atoms with E-state index in [2.05, 4.69) is 32.0 Å². The van der Waals surface area contributed by atoms with Crippen molar-refractivity contribution >= 4 is 0 Å². The summed E-state index contributed by atoms with van der Waals surface area (Å²) in [6, 6.07) is 6.85. The van der Waals surface area contributed by atoms with Crippen molar-refractivity contribution in [1.82, 2.24) is 0 Å². The maximum atomic E-state index is 5.60. The normalized spacial score (nSPS) is 14.9. The molecule has 1 aliphatic rings. The molecule has 0 N–H and O–H groups in total. The summed E-state index contributed by atoms with van der Waals surface area (Å²) in [5.74, 6) is 1.99. The van der Waals surface area contributed by atoms with Crippen LogP contribution in [0, 0.1) is 5.92 Å². The SMILES string of the molecule is CCCCCC(CCCC)Cc1ccc2c(c1)CCO2. The average Bonchev–Trinajstić information content (AvgIpc) is 2.92. The van der Waals surface area contributed by atoms with Gasteiger partial charge in [-0.25, -0.2) is 0 Å². The summed E-state index contributed by atoms with van der Waals surface area (Å²) in [5, 5.41) is 0. The van der Waals surface area contributed by atoms with Crippen molar-refractivity contribution in [1.29, 1.82) is 0 Å². The highest BCUT2D eigenvalue weighted by Gasteiger charge is 2.14. The molecule has 0 fully saturated rings. The van der Waals surface area contributed by atoms with Gasteiger partial charge in [0.2, 0.25) is 0 Å². The van der Waals surface area contributed by atoms with Gasteiger partial charge in [-0.2, -0.15) is 0 Å². The summed E-state index contributed by atoms with van der Waals surface area (Å²) < 4.78 is 5.60. The topological polar surface area (TPSA) is 9.23 Å². The highest BCUT2D eigenvalue weighted by Crippen LogP contribution is 2.28. The molecular weight excluding hydrogens is 244 g/mol. The largest absolute Gasteiger partial charge is 0.493 e. The van der Waals surface area contributed by atoms with Crippen LogP contribution in [0.4, 0.5) is 0 Å². The molecule has 1 heterocycles. The Hall–Kier alpha value is -0.980. The van der Waals surface area contributed by atoms with Gasteiger partial charge in [0.25, 0.3) is 0 Å². The Morgan fingerprint density at radius 3 is 2.65 bits per heavy atom. The van der Waals surface area contributed by atoms with E-state index in [4.69, 9.17) is 4.74 Å². The van der Waals surface area contributed by atoms with Crippen LogP contribution >= 0.6 is 0 Å². The van der Waals surface area contributed by atoms with Crippen LogP contribution in [0.5, 0.6) is 5.75 Å². The highest BCUT2D eigenvalue weighted by molar-refractivity contribution is 5.39. The third-order valence-electron chi connectivity index (χ3n) is 4.46. The van der Waals surface area contributed by atoms with Crippen LogP contribution in [0.2, 0.25) is 0 Å². The fraction of sp³-hybridized carbons (Fsp3) is 0.684. The standard InChI is InChI=1S/C19H30O/c1-3-5-7-9-16(8-6-4-2)14-17-10-11-19-18(15-17)12-13-20-19/h10-11,15-16H,3-9,12-14H2,1-2H3. The first-order valence-electron chi connectivity index (χ1n) is 8.58. The molecule has 1 atom stereocenters. The van der Waals surface area contributed by atoms with E-state index in [0.717, 1.165) is 24.7 Å². The van der Waals surface area contributed by atoms with Gasteiger partial charge in [0.1, 0.15) is 5.75 Å². The number of fused-ring (bicyclic) bond motifs is 1. The quantitative estimate of drug-likeness (QED) is 0.536. The number of unbranched alkanes of at least 4 members (excludes halogenated alkanes) is 3. The maximum Gasteiger partial charge on any atom is 0.122 e. The predicted octanol–water partition coefficient (Wildman–Crippen LogP) is 5.55. The van der Waals surface area contributed by atoms with Gasteiger partial charge < -0.3 is 4.74 Å². The van der Waals surface area contributed by atoms with Crippen molar-refractivity contribution in [3.63, 3.8) is 0 Å². The molecule has 0 bridgehead atoms. The highest BCUT2D eigenvalue weighted by atomic mass is 16.5. The summed E-state index contributed by atoms with van der Waals surface area (Å²) in [4.78, 5) is 0. The van der Waals surface area contributed by atoms with Crippen LogP contribution in [-0.2, 0) is 12.8 Å². The first-order chi connectivity index (χ1) is 9.83. The fourth-order valence-electron chi connectivity index (χ4n) is 3.22. The fourth-order valence-corrected chi connectivity index (χ4v) is 3.22. The summed E-state index contributed by atoms with van der Waals surface area (Å²) in [5.41, 5.74) is 2.94. The van der Waals surface area contributed by atoms with Crippen LogP contribution in [0.25, 0.3) is 0 Å². The zero-order valence-electron chi connectivity index (χ0n) is 13.3. The number of hydrogen-bond donors (Lipinski definition) is 0. The van der Waals surface area contributed by atoms with E-state index in [-0.39, 0.29) is 0 Å². The first kappa shape index (κ1) is 15.4. The van der Waals surface area contributed by atoms with Crippen molar-refractivity contribution in [2.24, 2.45) is 5.92 Å². The molecule has 1 nitrogen and oxygen atoms in total. The molecule has 1 aromatic carbocycles. The molecule has 0 radical (unpaired) electrons. The van der Waals surface area contributed by atoms with E-state index < -0.39 is 0 Å². The molecule has 0 aromatic heterocycles. The molecule has 112 valence electrons. The van der Waals surface area contributed by atoms with Crippen molar-refractivity contribution in [2.45, 2.75) is 71.6 Å². The van der Waals surface area contributed by atoms with E-state index in [1.54, 1.807) is 0 Å². The second-order valence-electron chi connectivity index (χ2n) is 6.25. The minimum atomic E-state index is 0.870. The molecule has 1 heteroatoms. The van der Waals surface area contributed by atoms with Crippen molar-refractivity contribution in [3.05, 3.63) is 29.3 Å². The third-order valence-corrected chi connectivity index (χ3v) is 4.46. The predicted molar refractivity (Wildman–Crippen MR) is 86.5 cm³/mol. The smallest absolute Gasteiger partial charge is 0.122 e. The number of ether oxygens (including phenoxy) is 1. The van der Waals surface area contributed by atoms with Crippen LogP contribution in [-0.4, -0.2) is 6.61 Å². The molecule has 1 aromatic rings. The lowest BCUT2D eigenvalue weighted by molar-refractivity contribution is 0.356. The van der Waals surface area contributed by atoms with Crippen LogP contribution in [0.1, 0.15) is 69.9 Å². The molecular formula is C19H30O. The molecule has 0 saturated carbocycles. The van der Waals surface area contributed by atoms with E-state index in [9.17, 15) is 0 Å². The monoisotopic (exact) mass is 274 g/mol. The lowest BCUT2D eigenvalue weighted by Gasteiger charge is -2.17. The average molecular weight is 274 g/mol. The molecule has 0 spiro atoms. The van der Waals surface area contributed by atoms with Gasteiger partial charge >= 0.3 is 0 Å². The van der Waals surface area contributed by atoms with Crippen molar-refractivity contribution in [2.75, 3.05) is 6.61 Å². The first-order valence-corrected chi connectivity index (χ1v) is 8.58. The van der Waals surface area contributed by atoms with Gasteiger partial charge in [0, 0.05) is 6.42 Å². The summed E-state index contributed by atoms with van der Waals surface area (Å²) in [6.07, 6.45) is 12.0. The van der Waals surface area contributed by atoms with Gasteiger partial charge in [0.15, 0.2) is 0 Å². The Kier molecular flexibility index (Phi) is 6.42. The molecule has 20 heavy (non-hydrogen) atoms. The van der Waals surface area contributed by atoms with E-state index >= 15 is 0 Å². The third kappa shape index (κ3) is 4.54. The zero-order valence-corrected chi connectivity index (χ0v) is 13.3. The summed E-state index contributed by atoms with van der Waals surface area (Å²) >= 11 is 0. The summed E-state index contributed by atoms with van der Waals surface area (Å²) in [6.45, 7) is 5.46. The van der Waals surface area contributed by atoms with Crippen LogP contribution in [0.15, 0.2) is 18.2 Å². The van der Waals surface area contributed by atoms with Crippen LogP contribution in [0.3, 0.4) is 0 Å². The minimum absolute atomic E-state index is 0.870. The van der Waals surface area contributed by atoms with Gasteiger partial charge in [-0.05, 0) is 29.5 Å². The Morgan fingerprint density at radius 2 is 1.85 bits per heavy atom. The molecule has 0 aliphatic carbocycles. The van der Waals surface area contributed by atoms with E-state index in [1.807, 2.05) is 0 Å². The van der Waals surface area contributed by atoms with Gasteiger partial charge in [0.05, 0.1) is 6.61 Å². The Bertz CT molecular complexity index is 397. The second kappa shape index (κ2) is 8.34. The minimum Gasteiger partial charge on any atom is -0.493 e. The van der Waals surface area contributed by atoms with Crippen LogP contribution < -0.4 is 4.74 Å². The molecule has 1 unspecified atom stereocenters. The maximum absolute atomic E-state index is 5.60. The Labute approximate surface area is 124 Å². The van der Waals surface area contributed by atoms with Gasteiger partial charge in [-0.3, -0.25) is 0 Å².